The van der Waals surface area contributed by atoms with Gasteiger partial charge in [0, 0.05) is 31.5 Å². The highest BCUT2D eigenvalue weighted by atomic mass is 16.3. The Morgan fingerprint density at radius 1 is 1.22 bits per heavy atom. The average Bonchev–Trinajstić information content (AvgIpc) is 2.94. The minimum Gasteiger partial charge on any atom is -0.449 e. The van der Waals surface area contributed by atoms with Crippen molar-refractivity contribution in [3.63, 3.8) is 0 Å². The van der Waals surface area contributed by atoms with Gasteiger partial charge in [-0.1, -0.05) is 0 Å². The van der Waals surface area contributed by atoms with Gasteiger partial charge >= 0.3 is 0 Å². The molecule has 1 aliphatic carbocycles. The van der Waals surface area contributed by atoms with Gasteiger partial charge in [-0.3, -0.25) is 0 Å². The van der Waals surface area contributed by atoms with Crippen LogP contribution in [0, 0.1) is 6.92 Å². The number of aromatic nitrogens is 3. The summed E-state index contributed by atoms with van der Waals surface area (Å²) in [6.07, 6.45) is 4.14. The molecule has 0 saturated heterocycles. The lowest BCUT2D eigenvalue weighted by Gasteiger charge is -2.07. The van der Waals surface area contributed by atoms with Gasteiger partial charge in [0.05, 0.1) is 11.4 Å². The van der Waals surface area contributed by atoms with Crippen LogP contribution in [0.25, 0.3) is 11.5 Å². The molecule has 1 saturated carbocycles. The molecule has 0 amide bonds. The molecular formula is C13H14N4O. The lowest BCUT2D eigenvalue weighted by molar-refractivity contribution is 0.521. The zero-order valence-corrected chi connectivity index (χ0v) is 10.2. The van der Waals surface area contributed by atoms with Crippen molar-refractivity contribution in [2.45, 2.75) is 38.8 Å². The number of hydrogen-bond donors (Lipinski definition) is 1. The maximum atomic E-state index is 5.25. The van der Waals surface area contributed by atoms with Gasteiger partial charge in [-0.15, -0.1) is 0 Å². The molecule has 0 unspecified atom stereocenters. The van der Waals surface area contributed by atoms with E-state index in [9.17, 15) is 0 Å². The Morgan fingerprint density at radius 3 is 2.83 bits per heavy atom. The van der Waals surface area contributed by atoms with Gasteiger partial charge in [0.15, 0.2) is 11.7 Å². The van der Waals surface area contributed by atoms with Crippen molar-refractivity contribution >= 4 is 0 Å². The summed E-state index contributed by atoms with van der Waals surface area (Å²) in [6.45, 7) is 3.57. The molecule has 2 aromatic rings. The van der Waals surface area contributed by atoms with E-state index in [1.807, 2.05) is 6.92 Å². The van der Waals surface area contributed by atoms with Gasteiger partial charge in [-0.25, -0.2) is 15.0 Å². The molecule has 18 heavy (non-hydrogen) atoms. The second-order valence-corrected chi connectivity index (χ2v) is 4.99. The van der Waals surface area contributed by atoms with E-state index >= 15 is 0 Å². The first-order chi connectivity index (χ1) is 8.81. The van der Waals surface area contributed by atoms with Crippen molar-refractivity contribution in [3.8, 4) is 11.5 Å². The summed E-state index contributed by atoms with van der Waals surface area (Å²) in [5.41, 5.74) is 4.40. The van der Waals surface area contributed by atoms with Crippen LogP contribution in [0.2, 0.25) is 0 Å². The Kier molecular flexibility index (Phi) is 2.05. The minimum atomic E-state index is 0.633. The Bertz CT molecular complexity index is 615. The van der Waals surface area contributed by atoms with E-state index in [-0.39, 0.29) is 0 Å². The molecule has 0 atom stereocenters. The summed E-state index contributed by atoms with van der Waals surface area (Å²) in [7, 11) is 0. The molecular weight excluding hydrogens is 228 g/mol. The molecule has 3 heterocycles. The van der Waals surface area contributed by atoms with Gasteiger partial charge in [-0.05, 0) is 12.8 Å². The fraction of sp³-hybridized carbons (Fsp3) is 0.462. The van der Waals surface area contributed by atoms with Crippen LogP contribution in [0.1, 0.15) is 41.6 Å². The smallest absolute Gasteiger partial charge is 0.191 e. The van der Waals surface area contributed by atoms with Crippen LogP contribution in [-0.2, 0) is 13.1 Å². The molecule has 1 aliphatic heterocycles. The van der Waals surface area contributed by atoms with Crippen molar-refractivity contribution in [1.82, 2.24) is 20.3 Å². The number of fused-ring (bicyclic) bond motifs is 1. The third-order valence-corrected chi connectivity index (χ3v) is 3.53. The third-order valence-electron chi connectivity index (χ3n) is 3.53. The maximum Gasteiger partial charge on any atom is 0.191 e. The fourth-order valence-corrected chi connectivity index (χ4v) is 2.47. The Morgan fingerprint density at radius 2 is 2.11 bits per heavy atom. The Balaban J connectivity index is 1.87. The molecule has 0 spiro atoms. The van der Waals surface area contributed by atoms with Crippen molar-refractivity contribution in [3.05, 3.63) is 29.1 Å². The van der Waals surface area contributed by atoms with Gasteiger partial charge in [0.2, 0.25) is 0 Å². The number of nitrogens with zero attached hydrogens (tertiary/aromatic N) is 3. The van der Waals surface area contributed by atoms with E-state index in [2.05, 4.69) is 15.3 Å². The number of rotatable bonds is 2. The number of oxazole rings is 1. The average molecular weight is 242 g/mol. The van der Waals surface area contributed by atoms with Gasteiger partial charge < -0.3 is 9.73 Å². The predicted molar refractivity (Wildman–Crippen MR) is 64.8 cm³/mol. The zero-order chi connectivity index (χ0) is 12.1. The molecule has 2 aromatic heterocycles. The quantitative estimate of drug-likeness (QED) is 0.871. The lowest BCUT2D eigenvalue weighted by Crippen LogP contribution is -2.02. The van der Waals surface area contributed by atoms with Crippen LogP contribution >= 0.6 is 0 Å². The van der Waals surface area contributed by atoms with Crippen LogP contribution in [-0.4, -0.2) is 15.0 Å². The highest BCUT2D eigenvalue weighted by Gasteiger charge is 2.31. The van der Waals surface area contributed by atoms with Crippen LogP contribution in [0.4, 0.5) is 0 Å². The molecule has 92 valence electrons. The Hall–Kier alpha value is -1.75. The summed E-state index contributed by atoms with van der Waals surface area (Å²) in [5, 5.41) is 3.35. The normalized spacial score (nSPS) is 18.1. The molecule has 0 bridgehead atoms. The molecule has 0 aromatic carbocycles. The van der Waals surface area contributed by atoms with E-state index < -0.39 is 0 Å². The first-order valence-corrected chi connectivity index (χ1v) is 6.34. The fourth-order valence-electron chi connectivity index (χ4n) is 2.47. The summed E-state index contributed by atoms with van der Waals surface area (Å²) >= 11 is 0. The van der Waals surface area contributed by atoms with Gasteiger partial charge in [0.25, 0.3) is 0 Å². The standard InChI is InChI=1S/C13H14N4O/c1-7-15-11(6-18-7)13-16-10-5-14-4-9(10)12(17-13)8-2-3-8/h6,8,14H,2-5H2,1H3. The molecule has 4 rings (SSSR count). The summed E-state index contributed by atoms with van der Waals surface area (Å²) in [4.78, 5) is 13.6. The van der Waals surface area contributed by atoms with E-state index in [4.69, 9.17) is 9.40 Å². The van der Waals surface area contributed by atoms with E-state index in [0.717, 1.165) is 24.5 Å². The van der Waals surface area contributed by atoms with E-state index in [0.29, 0.717) is 17.6 Å². The summed E-state index contributed by atoms with van der Waals surface area (Å²) in [6, 6.07) is 0. The number of aryl methyl sites for hydroxylation is 1. The maximum absolute atomic E-state index is 5.25. The van der Waals surface area contributed by atoms with Crippen molar-refractivity contribution in [1.29, 1.82) is 0 Å². The predicted octanol–water partition coefficient (Wildman–Crippen LogP) is 1.92. The first kappa shape index (κ1) is 10.2. The monoisotopic (exact) mass is 242 g/mol. The molecule has 1 fully saturated rings. The summed E-state index contributed by atoms with van der Waals surface area (Å²) < 4.78 is 5.25. The first-order valence-electron chi connectivity index (χ1n) is 6.34. The van der Waals surface area contributed by atoms with Crippen molar-refractivity contribution in [2.24, 2.45) is 0 Å². The molecule has 5 nitrogen and oxygen atoms in total. The van der Waals surface area contributed by atoms with Crippen molar-refractivity contribution < 1.29 is 4.42 Å². The van der Waals surface area contributed by atoms with E-state index in [1.54, 1.807) is 6.26 Å². The van der Waals surface area contributed by atoms with Crippen LogP contribution in [0.15, 0.2) is 10.7 Å². The number of hydrogen-bond acceptors (Lipinski definition) is 5. The minimum absolute atomic E-state index is 0.633. The van der Waals surface area contributed by atoms with Crippen molar-refractivity contribution in [2.75, 3.05) is 0 Å². The highest BCUT2D eigenvalue weighted by molar-refractivity contribution is 5.50. The molecule has 2 aliphatic rings. The SMILES string of the molecule is Cc1nc(-c2nc3c(c(C4CC4)n2)CNC3)co1. The van der Waals surface area contributed by atoms with E-state index in [1.165, 1.54) is 24.1 Å². The summed E-state index contributed by atoms with van der Waals surface area (Å²) in [5.74, 6) is 1.99. The zero-order valence-electron chi connectivity index (χ0n) is 10.2. The second kappa shape index (κ2) is 3.62. The topological polar surface area (TPSA) is 63.8 Å². The third kappa shape index (κ3) is 1.54. The van der Waals surface area contributed by atoms with Crippen LogP contribution in [0.5, 0.6) is 0 Å². The second-order valence-electron chi connectivity index (χ2n) is 4.99. The largest absolute Gasteiger partial charge is 0.449 e. The Labute approximate surface area is 105 Å². The molecule has 0 radical (unpaired) electrons. The molecule has 5 heteroatoms. The van der Waals surface area contributed by atoms with Gasteiger partial charge in [-0.2, -0.15) is 0 Å². The molecule has 1 N–H and O–H groups in total. The lowest BCUT2D eigenvalue weighted by atomic mass is 10.1. The highest BCUT2D eigenvalue weighted by Crippen LogP contribution is 2.42. The van der Waals surface area contributed by atoms with Gasteiger partial charge in [0.1, 0.15) is 12.0 Å². The number of nitrogens with one attached hydrogen (secondary N) is 1. The van der Waals surface area contributed by atoms with Crippen LogP contribution < -0.4 is 5.32 Å². The van der Waals surface area contributed by atoms with Crippen LogP contribution in [0.3, 0.4) is 0 Å².